The predicted octanol–water partition coefficient (Wildman–Crippen LogP) is 4.02. The van der Waals surface area contributed by atoms with Crippen molar-refractivity contribution in [2.75, 3.05) is 11.9 Å². The molecule has 0 bridgehead atoms. The predicted molar refractivity (Wildman–Crippen MR) is 104 cm³/mol. The molecule has 10 heteroatoms. The van der Waals surface area contributed by atoms with Gasteiger partial charge < -0.3 is 24.8 Å². The number of hydrogen-bond acceptors (Lipinski definition) is 7. The fourth-order valence-corrected chi connectivity index (χ4v) is 4.60. The number of hydrogen-bond donors (Lipinski definition) is 3. The van der Waals surface area contributed by atoms with E-state index in [4.69, 9.17) is 24.3 Å². The first-order chi connectivity index (χ1) is 14.0. The van der Waals surface area contributed by atoms with Crippen LogP contribution in [0, 0.1) is 0 Å². The third-order valence-corrected chi connectivity index (χ3v) is 6.18. The first-order valence-corrected chi connectivity index (χ1v) is 10.3. The van der Waals surface area contributed by atoms with Crippen LogP contribution >= 0.6 is 11.3 Å². The van der Waals surface area contributed by atoms with E-state index in [0.29, 0.717) is 25.0 Å². The van der Waals surface area contributed by atoms with Gasteiger partial charge in [-0.25, -0.2) is 4.79 Å². The summed E-state index contributed by atoms with van der Waals surface area (Å²) in [6.07, 6.45) is 6.20. The maximum Gasteiger partial charge on any atom is 0.503 e. The van der Waals surface area contributed by atoms with Gasteiger partial charge in [-0.05, 0) is 32.1 Å². The Morgan fingerprint density at radius 1 is 1.24 bits per heavy atom. The van der Waals surface area contributed by atoms with E-state index < -0.39 is 6.16 Å². The lowest BCUT2D eigenvalue weighted by Crippen LogP contribution is -2.13. The SMILES string of the molecule is O=C(Nc1sc2c(c1-c1nc(C3CC3)no1)COCC2)C1=CCCC1.O=C(O)O. The average molecular weight is 419 g/mol. The lowest BCUT2D eigenvalue weighted by atomic mass is 10.1. The Balaban J connectivity index is 0.000000472. The fraction of sp³-hybridized carbons (Fsp3) is 0.474. The number of nitrogens with zero attached hydrogens (tertiary/aromatic N) is 2. The van der Waals surface area contributed by atoms with Crippen molar-refractivity contribution in [2.24, 2.45) is 0 Å². The number of rotatable bonds is 4. The van der Waals surface area contributed by atoms with Crippen molar-refractivity contribution in [3.63, 3.8) is 0 Å². The lowest BCUT2D eigenvalue weighted by molar-refractivity contribution is -0.112. The van der Waals surface area contributed by atoms with Crippen molar-refractivity contribution >= 4 is 28.4 Å². The Labute approximate surface area is 170 Å². The zero-order chi connectivity index (χ0) is 20.4. The molecule has 0 radical (unpaired) electrons. The highest BCUT2D eigenvalue weighted by molar-refractivity contribution is 7.17. The molecule has 1 aliphatic heterocycles. The van der Waals surface area contributed by atoms with Crippen molar-refractivity contribution in [3.05, 3.63) is 27.9 Å². The minimum atomic E-state index is -1.83. The normalized spacial score (nSPS) is 17.7. The molecule has 1 fully saturated rings. The molecule has 3 N–H and O–H groups in total. The number of ether oxygens (including phenoxy) is 1. The molecule has 2 aliphatic carbocycles. The van der Waals surface area contributed by atoms with Gasteiger partial charge >= 0.3 is 6.16 Å². The second-order valence-corrected chi connectivity index (χ2v) is 8.21. The van der Waals surface area contributed by atoms with Crippen molar-refractivity contribution in [1.82, 2.24) is 10.1 Å². The van der Waals surface area contributed by atoms with E-state index in [9.17, 15) is 4.79 Å². The van der Waals surface area contributed by atoms with Crippen molar-refractivity contribution < 1.29 is 29.1 Å². The van der Waals surface area contributed by atoms with Gasteiger partial charge in [0.05, 0.1) is 18.8 Å². The third-order valence-electron chi connectivity index (χ3n) is 4.97. The minimum absolute atomic E-state index is 0.0137. The van der Waals surface area contributed by atoms with Gasteiger partial charge in [0.2, 0.25) is 0 Å². The Hall–Kier alpha value is -2.72. The second-order valence-electron chi connectivity index (χ2n) is 7.10. The Morgan fingerprint density at radius 3 is 2.72 bits per heavy atom. The minimum Gasteiger partial charge on any atom is -0.450 e. The van der Waals surface area contributed by atoms with E-state index in [1.165, 1.54) is 4.88 Å². The number of anilines is 1. The summed E-state index contributed by atoms with van der Waals surface area (Å²) in [4.78, 5) is 27.0. The molecule has 154 valence electrons. The molecular weight excluding hydrogens is 398 g/mol. The molecule has 3 aliphatic rings. The van der Waals surface area contributed by atoms with Gasteiger partial charge in [0.1, 0.15) is 5.00 Å². The summed E-state index contributed by atoms with van der Waals surface area (Å²) >= 11 is 1.61. The van der Waals surface area contributed by atoms with Crippen LogP contribution in [0.15, 0.2) is 16.2 Å². The molecule has 9 nitrogen and oxygen atoms in total. The topological polar surface area (TPSA) is 135 Å². The standard InChI is InChI=1S/C18H19N3O3S.CH2O3/c22-16(11-3-1-2-4-11)20-18-14(12-9-23-8-7-13(12)25-18)17-19-15(21-24-17)10-5-6-10;2-1(3)4/h3,10H,1-2,4-9H2,(H,20,22);(H2,2,3,4). The smallest absolute Gasteiger partial charge is 0.450 e. The number of carboxylic acid groups (broad SMARTS) is 2. The number of fused-ring (bicyclic) bond motifs is 1. The Bertz CT molecular complexity index is 955. The largest absolute Gasteiger partial charge is 0.503 e. The van der Waals surface area contributed by atoms with Gasteiger partial charge in [-0.2, -0.15) is 4.98 Å². The molecule has 5 rings (SSSR count). The maximum absolute atomic E-state index is 12.6. The summed E-state index contributed by atoms with van der Waals surface area (Å²) in [5.74, 6) is 1.70. The molecule has 3 heterocycles. The number of amides is 1. The highest BCUT2D eigenvalue weighted by Gasteiger charge is 2.32. The zero-order valence-electron chi connectivity index (χ0n) is 15.6. The van der Waals surface area contributed by atoms with E-state index in [-0.39, 0.29) is 5.91 Å². The van der Waals surface area contributed by atoms with E-state index >= 15 is 0 Å². The third kappa shape index (κ3) is 4.48. The van der Waals surface area contributed by atoms with Crippen LogP contribution in [0.25, 0.3) is 11.5 Å². The lowest BCUT2D eigenvalue weighted by Gasteiger charge is -2.12. The zero-order valence-corrected chi connectivity index (χ0v) is 16.5. The summed E-state index contributed by atoms with van der Waals surface area (Å²) in [5.41, 5.74) is 2.81. The Morgan fingerprint density at radius 2 is 2.03 bits per heavy atom. The molecule has 29 heavy (non-hydrogen) atoms. The number of carbonyl (C=O) groups excluding carboxylic acids is 1. The van der Waals surface area contributed by atoms with Crippen LogP contribution in [0.5, 0.6) is 0 Å². The second kappa shape index (κ2) is 8.34. The van der Waals surface area contributed by atoms with Gasteiger partial charge in [0.25, 0.3) is 11.8 Å². The summed E-state index contributed by atoms with van der Waals surface area (Å²) < 4.78 is 11.2. The van der Waals surface area contributed by atoms with E-state index in [1.807, 2.05) is 6.08 Å². The number of aromatic nitrogens is 2. The monoisotopic (exact) mass is 419 g/mol. The molecule has 0 saturated heterocycles. The van der Waals surface area contributed by atoms with Crippen molar-refractivity contribution in [2.45, 2.75) is 51.0 Å². The number of allylic oxidation sites excluding steroid dienone is 1. The van der Waals surface area contributed by atoms with E-state index in [1.54, 1.807) is 11.3 Å². The van der Waals surface area contributed by atoms with Gasteiger partial charge in [0, 0.05) is 28.4 Å². The summed E-state index contributed by atoms with van der Waals surface area (Å²) in [6.45, 7) is 1.24. The number of nitrogens with one attached hydrogen (secondary N) is 1. The molecule has 1 amide bonds. The Kier molecular flexibility index (Phi) is 5.63. The van der Waals surface area contributed by atoms with E-state index in [2.05, 4.69) is 15.5 Å². The maximum atomic E-state index is 12.6. The molecular formula is C19H21N3O6S. The van der Waals surface area contributed by atoms with Crippen LogP contribution in [0.4, 0.5) is 9.80 Å². The van der Waals surface area contributed by atoms with Gasteiger partial charge in [-0.1, -0.05) is 11.2 Å². The highest BCUT2D eigenvalue weighted by Crippen LogP contribution is 2.44. The van der Waals surface area contributed by atoms with Crippen LogP contribution < -0.4 is 5.32 Å². The first-order valence-electron chi connectivity index (χ1n) is 9.51. The van der Waals surface area contributed by atoms with E-state index in [0.717, 1.165) is 66.1 Å². The molecule has 0 atom stereocenters. The molecule has 1 saturated carbocycles. The molecule has 0 spiro atoms. The first kappa shape index (κ1) is 19.6. The number of thiophene rings is 1. The van der Waals surface area contributed by atoms with Crippen LogP contribution in [0.2, 0.25) is 0 Å². The van der Waals surface area contributed by atoms with Crippen LogP contribution in [0.3, 0.4) is 0 Å². The summed E-state index contributed by atoms with van der Waals surface area (Å²) in [5, 5.41) is 22.0. The average Bonchev–Trinajstić information content (AvgIpc) is 3.11. The molecule has 2 aromatic rings. The highest BCUT2D eigenvalue weighted by atomic mass is 32.1. The van der Waals surface area contributed by atoms with Crippen LogP contribution in [-0.2, 0) is 22.6 Å². The number of carbonyl (C=O) groups is 2. The fourth-order valence-electron chi connectivity index (χ4n) is 3.42. The van der Waals surface area contributed by atoms with Gasteiger partial charge in [-0.3, -0.25) is 4.79 Å². The molecule has 0 unspecified atom stereocenters. The van der Waals surface area contributed by atoms with Crippen molar-refractivity contribution in [3.8, 4) is 11.5 Å². The van der Waals surface area contributed by atoms with Crippen LogP contribution in [-0.4, -0.2) is 39.0 Å². The van der Waals surface area contributed by atoms with Gasteiger partial charge in [0.15, 0.2) is 5.82 Å². The van der Waals surface area contributed by atoms with Gasteiger partial charge in [-0.15, -0.1) is 11.3 Å². The summed E-state index contributed by atoms with van der Waals surface area (Å²) in [6, 6.07) is 0. The summed E-state index contributed by atoms with van der Waals surface area (Å²) in [7, 11) is 0. The quantitative estimate of drug-likeness (QED) is 0.676. The molecule has 2 aromatic heterocycles. The van der Waals surface area contributed by atoms with Crippen LogP contribution in [0.1, 0.15) is 54.3 Å². The molecule has 0 aromatic carbocycles. The van der Waals surface area contributed by atoms with Crippen molar-refractivity contribution in [1.29, 1.82) is 0 Å².